The fourth-order valence-electron chi connectivity index (χ4n) is 14.0. The first kappa shape index (κ1) is 65.1. The van der Waals surface area contributed by atoms with Crippen LogP contribution in [0.25, 0.3) is 0 Å². The summed E-state index contributed by atoms with van der Waals surface area (Å²) in [5, 5.41) is 32.6. The Morgan fingerprint density at radius 3 is 1.35 bits per heavy atom. The number of allylic oxidation sites excluding steroid dienone is 8. The van der Waals surface area contributed by atoms with Crippen molar-refractivity contribution in [2.24, 2.45) is 45.3 Å². The van der Waals surface area contributed by atoms with E-state index in [4.69, 9.17) is 9.05 Å². The van der Waals surface area contributed by atoms with Crippen molar-refractivity contribution in [1.82, 2.24) is 0 Å². The van der Waals surface area contributed by atoms with E-state index < -0.39 is 16.8 Å². The Balaban J connectivity index is 0.000000355. The first-order chi connectivity index (χ1) is 32.0. The zero-order valence-corrected chi connectivity index (χ0v) is 51.7. The minimum absolute atomic E-state index is 0.181. The van der Waals surface area contributed by atoms with Gasteiger partial charge in [0.05, 0.1) is 30.0 Å². The van der Waals surface area contributed by atoms with E-state index in [1.54, 1.807) is 6.08 Å². The summed E-state index contributed by atoms with van der Waals surface area (Å²) in [6, 6.07) is 0. The van der Waals surface area contributed by atoms with E-state index in [2.05, 4.69) is 145 Å². The van der Waals surface area contributed by atoms with Gasteiger partial charge in [0.25, 0.3) is 0 Å². The molecule has 69 heavy (non-hydrogen) atoms. The summed E-state index contributed by atoms with van der Waals surface area (Å²) >= 11 is 0. The topological polar surface area (TPSA) is 79.2 Å². The number of fused-ring (bicyclic) bond motifs is 2. The Hall–Kier alpha value is -0.0400. The predicted octanol–water partition coefficient (Wildman–Crippen LogP) is 18.3. The second kappa shape index (κ2) is 29.9. The molecule has 4 fully saturated rings. The molecule has 0 bridgehead atoms. The van der Waals surface area contributed by atoms with Crippen molar-refractivity contribution in [3.63, 3.8) is 0 Å². The quantitative estimate of drug-likeness (QED) is 0.0572. The molecule has 3 N–H and O–H groups in total. The zero-order chi connectivity index (χ0) is 52.3. The molecule has 0 radical (unpaired) electrons. The Kier molecular flexibility index (Phi) is 28.2. The van der Waals surface area contributed by atoms with E-state index >= 15 is 0 Å². The second-order valence-electron chi connectivity index (χ2n) is 25.3. The molecule has 5 nitrogen and oxygen atoms in total. The molecule has 0 saturated heterocycles. The molecule has 4 rings (SSSR count). The van der Waals surface area contributed by atoms with Gasteiger partial charge in [-0.3, -0.25) is 0 Å². The minimum atomic E-state index is -0.830. The normalized spacial score (nSPS) is 32.6. The molecule has 13 atom stereocenters. The first-order valence-corrected chi connectivity index (χ1v) is 32.7. The third-order valence-electron chi connectivity index (χ3n) is 18.1. The molecule has 0 aromatic rings. The number of hydrogen-bond acceptors (Lipinski definition) is 5. The highest BCUT2D eigenvalue weighted by Gasteiger charge is 2.59. The van der Waals surface area contributed by atoms with Gasteiger partial charge >= 0.3 is 0 Å². The van der Waals surface area contributed by atoms with Gasteiger partial charge in [-0.05, 0) is 223 Å². The SMILES string of the molecule is C/C(=C\COPP)CCC1[C@](C)(O)CC[C@H]2C(C)(C)CCC[C@]12C.C=C[C@@](C)(O)CCC1[C@](C)(O)CC[C@H]2C(C)(C)CCC[C@]12C.CC(C)=CCC/C(C)=C/CC/C(C)=C/CC/C(C)=C/COPP. The van der Waals surface area contributed by atoms with Gasteiger partial charge in [-0.15, -0.1) is 6.58 Å². The second-order valence-corrected chi connectivity index (χ2v) is 27.8. The Labute approximate surface area is 435 Å². The average molecular weight is 1040 g/mol. The van der Waals surface area contributed by atoms with Gasteiger partial charge in [0.2, 0.25) is 0 Å². The monoisotopic (exact) mass is 1030 g/mol. The van der Waals surface area contributed by atoms with Crippen molar-refractivity contribution in [3.05, 3.63) is 70.9 Å². The fraction of sp³-hybridized carbons (Fsp3) is 0.800. The Morgan fingerprint density at radius 2 is 0.957 bits per heavy atom. The van der Waals surface area contributed by atoms with Gasteiger partial charge in [-0.2, -0.15) is 0 Å². The maximum atomic E-state index is 11.2. The number of rotatable bonds is 22. The lowest BCUT2D eigenvalue weighted by molar-refractivity contribution is -0.171. The summed E-state index contributed by atoms with van der Waals surface area (Å²) in [4.78, 5) is 0. The molecule has 0 heterocycles. The summed E-state index contributed by atoms with van der Waals surface area (Å²) in [6.07, 6.45) is 35.7. The lowest BCUT2D eigenvalue weighted by Crippen LogP contribution is -2.57. The molecule has 9 heteroatoms. The smallest absolute Gasteiger partial charge is 0.0797 e. The van der Waals surface area contributed by atoms with E-state index in [1.165, 1.54) is 98.5 Å². The van der Waals surface area contributed by atoms with Gasteiger partial charge in [-0.25, -0.2) is 0 Å². The molecular weight excluding hydrogens is 925 g/mol. The van der Waals surface area contributed by atoms with Gasteiger partial charge < -0.3 is 24.4 Å². The van der Waals surface area contributed by atoms with Crippen LogP contribution in [0.4, 0.5) is 0 Å². The standard InChI is InChI=1S/C20H38O2P2.C20H36O2.C20H36OP2/c1-15(10-14-22-24-23)7-8-17-19(4)12-6-11-18(2,3)16(19)9-13-20(17,5)21;1-7-18(4,21)13-9-16-19(5)12-8-11-17(2,3)15(19)10-14-20(16,6)22;1-17(2)9-6-10-18(3)11-7-12-19(4)13-8-14-20(5)15-16-21-23-22/h10,16-17,21,24H,6-9,11-14,23H2,1-5H3;7,15-16,21-22H,1,8-14H2,2-6H3;9,11,13,15,23H,6-8,10,12,14,16,22H2,1-5H3/b15-10+;;18-11+,19-13+,20-15+/t16-,17?,19-,20+;15-,16?,18+,19-,20+;/m00./s1. The summed E-state index contributed by atoms with van der Waals surface area (Å²) in [5.41, 5.74) is 6.54. The van der Waals surface area contributed by atoms with Crippen LogP contribution in [0.1, 0.15) is 232 Å². The van der Waals surface area contributed by atoms with Crippen LogP contribution in [0.15, 0.2) is 70.9 Å². The molecule has 0 aromatic carbocycles. The molecule has 0 aliphatic heterocycles. The van der Waals surface area contributed by atoms with Crippen molar-refractivity contribution in [1.29, 1.82) is 0 Å². The van der Waals surface area contributed by atoms with Crippen LogP contribution in [0.3, 0.4) is 0 Å². The molecular formula is C60H110O5P4. The summed E-state index contributed by atoms with van der Waals surface area (Å²) < 4.78 is 10.8. The van der Waals surface area contributed by atoms with E-state index in [-0.39, 0.29) is 16.7 Å². The fourth-order valence-corrected chi connectivity index (χ4v) is 14.9. The maximum absolute atomic E-state index is 11.2. The maximum Gasteiger partial charge on any atom is 0.0797 e. The van der Waals surface area contributed by atoms with Crippen molar-refractivity contribution in [3.8, 4) is 0 Å². The Bertz CT molecular complexity index is 1700. The van der Waals surface area contributed by atoms with Gasteiger partial charge in [0, 0.05) is 17.0 Å². The highest BCUT2D eigenvalue weighted by molar-refractivity contribution is 8.00. The average Bonchev–Trinajstić information content (AvgIpc) is 3.22. The third-order valence-corrected chi connectivity index (χ3v) is 19.7. The van der Waals surface area contributed by atoms with Gasteiger partial charge in [0.1, 0.15) is 0 Å². The predicted molar refractivity (Wildman–Crippen MR) is 315 cm³/mol. The van der Waals surface area contributed by atoms with Crippen LogP contribution in [-0.4, -0.2) is 45.3 Å². The molecule has 0 amide bonds. The summed E-state index contributed by atoms with van der Waals surface area (Å²) in [5.74, 6) is 2.07. The van der Waals surface area contributed by atoms with Crippen LogP contribution < -0.4 is 0 Å². The molecule has 4 aliphatic carbocycles. The van der Waals surface area contributed by atoms with Crippen LogP contribution in [0, 0.1) is 45.3 Å². The minimum Gasteiger partial charge on any atom is -0.390 e. The highest BCUT2D eigenvalue weighted by Crippen LogP contribution is 2.64. The van der Waals surface area contributed by atoms with E-state index in [0.29, 0.717) is 52.7 Å². The molecule has 0 aromatic heterocycles. The van der Waals surface area contributed by atoms with Crippen LogP contribution in [0.5, 0.6) is 0 Å². The van der Waals surface area contributed by atoms with Crippen LogP contribution in [-0.2, 0) is 9.05 Å². The highest BCUT2D eigenvalue weighted by atomic mass is 32.0. The number of hydrogen-bond donors (Lipinski definition) is 3. The van der Waals surface area contributed by atoms with Crippen LogP contribution in [0.2, 0.25) is 0 Å². The largest absolute Gasteiger partial charge is 0.390 e. The number of aliphatic hydroxyl groups is 3. The van der Waals surface area contributed by atoms with Crippen molar-refractivity contribution in [2.75, 3.05) is 13.2 Å². The van der Waals surface area contributed by atoms with E-state index in [9.17, 15) is 15.3 Å². The van der Waals surface area contributed by atoms with E-state index in [1.807, 2.05) is 13.8 Å². The lowest BCUT2D eigenvalue weighted by atomic mass is 9.45. The van der Waals surface area contributed by atoms with Gasteiger partial charge in [0.15, 0.2) is 0 Å². The molecule has 4 saturated carbocycles. The third kappa shape index (κ3) is 21.2. The summed E-state index contributed by atoms with van der Waals surface area (Å²) in [7, 11) is 6.20. The van der Waals surface area contributed by atoms with Crippen molar-refractivity contribution in [2.45, 2.75) is 249 Å². The van der Waals surface area contributed by atoms with Crippen molar-refractivity contribution >= 4 is 34.8 Å². The first-order valence-electron chi connectivity index (χ1n) is 27.2. The van der Waals surface area contributed by atoms with Crippen LogP contribution >= 0.6 is 34.8 Å². The molecule has 6 unspecified atom stereocenters. The van der Waals surface area contributed by atoms with Crippen molar-refractivity contribution < 1.29 is 24.4 Å². The molecule has 4 aliphatic rings. The summed E-state index contributed by atoms with van der Waals surface area (Å²) in [6.45, 7) is 39.0. The zero-order valence-electron chi connectivity index (χ0n) is 47.3. The Morgan fingerprint density at radius 1 is 0.580 bits per heavy atom. The lowest BCUT2D eigenvalue weighted by Gasteiger charge is -2.61. The van der Waals surface area contributed by atoms with Gasteiger partial charge in [-0.1, -0.05) is 137 Å². The van der Waals surface area contributed by atoms with E-state index in [0.717, 1.165) is 63.9 Å². The molecule has 0 spiro atoms. The molecule has 400 valence electrons.